The summed E-state index contributed by atoms with van der Waals surface area (Å²) in [5, 5.41) is 2.21. The summed E-state index contributed by atoms with van der Waals surface area (Å²) in [7, 11) is 0. The fourth-order valence-corrected chi connectivity index (χ4v) is 4.47. The number of amides is 3. The molecule has 1 fully saturated rings. The lowest BCUT2D eigenvalue weighted by Crippen LogP contribution is -2.36. The molecule has 38 heavy (non-hydrogen) atoms. The van der Waals surface area contributed by atoms with Crippen LogP contribution < -0.4 is 14.8 Å². The fraction of sp³-hybridized carbons (Fsp3) is 0.333. The van der Waals surface area contributed by atoms with Gasteiger partial charge in [-0.15, -0.1) is 0 Å². The molecule has 0 aromatic heterocycles. The lowest BCUT2D eigenvalue weighted by Gasteiger charge is -2.13. The van der Waals surface area contributed by atoms with Gasteiger partial charge >= 0.3 is 5.97 Å². The number of ether oxygens (including phenoxy) is 3. The van der Waals surface area contributed by atoms with Crippen LogP contribution in [-0.2, 0) is 14.3 Å². The molecule has 0 bridgehead atoms. The summed E-state index contributed by atoms with van der Waals surface area (Å²) in [5.41, 5.74) is 1.03. The van der Waals surface area contributed by atoms with E-state index in [-0.39, 0.29) is 27.8 Å². The predicted molar refractivity (Wildman–Crippen MR) is 147 cm³/mol. The second-order valence-corrected chi connectivity index (χ2v) is 9.47. The minimum atomic E-state index is -0.610. The van der Waals surface area contributed by atoms with Crippen LogP contribution in [0.1, 0.15) is 49.5 Å². The molecular weight excluding hydrogens is 532 g/mol. The third kappa shape index (κ3) is 7.52. The van der Waals surface area contributed by atoms with Crippen LogP contribution in [0.15, 0.2) is 41.3 Å². The fourth-order valence-electron chi connectivity index (χ4n) is 3.44. The Morgan fingerprint density at radius 2 is 1.76 bits per heavy atom. The number of unbranched alkanes of at least 4 members (excludes halogenated alkanes) is 1. The summed E-state index contributed by atoms with van der Waals surface area (Å²) in [6, 6.07) is 9.57. The maximum absolute atomic E-state index is 12.9. The van der Waals surface area contributed by atoms with Crippen molar-refractivity contribution in [2.75, 3.05) is 31.7 Å². The van der Waals surface area contributed by atoms with E-state index in [1.807, 2.05) is 20.8 Å². The first-order valence-corrected chi connectivity index (χ1v) is 13.4. The van der Waals surface area contributed by atoms with Crippen molar-refractivity contribution in [1.29, 1.82) is 0 Å². The molecule has 1 saturated heterocycles. The van der Waals surface area contributed by atoms with Crippen molar-refractivity contribution < 1.29 is 33.4 Å². The lowest BCUT2D eigenvalue weighted by molar-refractivity contribution is -0.127. The van der Waals surface area contributed by atoms with Crippen LogP contribution in [0.4, 0.5) is 10.5 Å². The summed E-state index contributed by atoms with van der Waals surface area (Å²) in [6.07, 6.45) is 3.16. The Morgan fingerprint density at radius 3 is 2.47 bits per heavy atom. The number of halogens is 1. The van der Waals surface area contributed by atoms with Crippen molar-refractivity contribution in [2.24, 2.45) is 0 Å². The van der Waals surface area contributed by atoms with E-state index >= 15 is 0 Å². The van der Waals surface area contributed by atoms with Gasteiger partial charge < -0.3 is 19.5 Å². The molecule has 0 unspecified atom stereocenters. The standard InChI is InChI=1S/C27H29ClN2O7S/c1-4-7-12-37-26(33)19-15-18(9-10-20(19)28)29-24(31)16-30-25(32)23(38-27(30)34)14-17-8-11-21(35-5-2)22(13-17)36-6-3/h8-11,13-15H,4-7,12,16H2,1-3H3,(H,29,31)/b23-14+. The number of carbonyl (C=O) groups excluding carboxylic acids is 4. The average Bonchev–Trinajstić information content (AvgIpc) is 3.14. The Kier molecular flexibility index (Phi) is 10.6. The van der Waals surface area contributed by atoms with Gasteiger partial charge in [-0.25, -0.2) is 4.79 Å². The quantitative estimate of drug-likeness (QED) is 0.198. The van der Waals surface area contributed by atoms with Gasteiger partial charge in [0, 0.05) is 5.69 Å². The Hall–Kier alpha value is -3.50. The van der Waals surface area contributed by atoms with Crippen LogP contribution in [0.2, 0.25) is 5.02 Å². The highest BCUT2D eigenvalue weighted by Crippen LogP contribution is 2.34. The number of thioether (sulfide) groups is 1. The zero-order valence-corrected chi connectivity index (χ0v) is 22.9. The van der Waals surface area contributed by atoms with Gasteiger partial charge in [0.1, 0.15) is 6.54 Å². The van der Waals surface area contributed by atoms with E-state index in [2.05, 4.69) is 5.32 Å². The van der Waals surface area contributed by atoms with Gasteiger partial charge in [0.15, 0.2) is 11.5 Å². The molecule has 0 saturated carbocycles. The molecule has 2 aromatic carbocycles. The second kappa shape index (κ2) is 13.9. The highest BCUT2D eigenvalue weighted by Gasteiger charge is 2.36. The first-order chi connectivity index (χ1) is 18.3. The van der Waals surface area contributed by atoms with Crippen LogP contribution in [0.25, 0.3) is 6.08 Å². The number of carbonyl (C=O) groups is 4. The van der Waals surface area contributed by atoms with E-state index in [1.54, 1.807) is 24.3 Å². The van der Waals surface area contributed by atoms with Crippen molar-refractivity contribution in [2.45, 2.75) is 33.6 Å². The van der Waals surface area contributed by atoms with Crippen molar-refractivity contribution in [1.82, 2.24) is 4.90 Å². The number of benzene rings is 2. The van der Waals surface area contributed by atoms with E-state index in [9.17, 15) is 19.2 Å². The molecule has 202 valence electrons. The molecule has 9 nitrogen and oxygen atoms in total. The lowest BCUT2D eigenvalue weighted by atomic mass is 10.2. The van der Waals surface area contributed by atoms with Crippen LogP contribution in [-0.4, -0.2) is 54.3 Å². The third-order valence-corrected chi connectivity index (χ3v) is 6.48. The van der Waals surface area contributed by atoms with E-state index in [1.165, 1.54) is 18.2 Å². The molecule has 1 aliphatic heterocycles. The van der Waals surface area contributed by atoms with Gasteiger partial charge in [-0.2, -0.15) is 0 Å². The molecule has 3 amide bonds. The van der Waals surface area contributed by atoms with E-state index < -0.39 is 29.6 Å². The Bertz CT molecular complexity index is 1250. The van der Waals surface area contributed by atoms with Gasteiger partial charge in [0.2, 0.25) is 5.91 Å². The molecule has 0 spiro atoms. The SMILES string of the molecule is CCCCOC(=O)c1cc(NC(=O)CN2C(=O)S/C(=C/c3ccc(OCC)c(OCC)c3)C2=O)ccc1Cl. The topological polar surface area (TPSA) is 111 Å². The zero-order chi connectivity index (χ0) is 27.7. The molecule has 1 N–H and O–H groups in total. The number of rotatable bonds is 12. The zero-order valence-electron chi connectivity index (χ0n) is 21.4. The minimum Gasteiger partial charge on any atom is -0.490 e. The predicted octanol–water partition coefficient (Wildman–Crippen LogP) is 5.77. The molecule has 1 aliphatic rings. The van der Waals surface area contributed by atoms with Crippen molar-refractivity contribution in [3.8, 4) is 11.5 Å². The molecular formula is C27H29ClN2O7S. The minimum absolute atomic E-state index is 0.108. The summed E-state index contributed by atoms with van der Waals surface area (Å²) < 4.78 is 16.4. The van der Waals surface area contributed by atoms with E-state index in [0.29, 0.717) is 30.3 Å². The summed E-state index contributed by atoms with van der Waals surface area (Å²) >= 11 is 6.86. The van der Waals surface area contributed by atoms with Gasteiger partial charge in [0.25, 0.3) is 11.1 Å². The number of anilines is 1. The van der Waals surface area contributed by atoms with E-state index in [0.717, 1.165) is 29.5 Å². The molecule has 11 heteroatoms. The largest absolute Gasteiger partial charge is 0.490 e. The van der Waals surface area contributed by atoms with Gasteiger partial charge in [-0.1, -0.05) is 31.0 Å². The molecule has 0 radical (unpaired) electrons. The van der Waals surface area contributed by atoms with Crippen molar-refractivity contribution >= 4 is 58.1 Å². The molecule has 0 atom stereocenters. The number of hydrogen-bond donors (Lipinski definition) is 1. The maximum atomic E-state index is 12.9. The Balaban J connectivity index is 1.68. The average molecular weight is 561 g/mol. The van der Waals surface area contributed by atoms with Crippen LogP contribution in [0.3, 0.4) is 0 Å². The number of imide groups is 1. The van der Waals surface area contributed by atoms with Crippen LogP contribution >= 0.6 is 23.4 Å². The first kappa shape index (κ1) is 29.1. The number of nitrogens with zero attached hydrogens (tertiary/aromatic N) is 1. The van der Waals surface area contributed by atoms with Gasteiger partial charge in [0.05, 0.1) is 35.3 Å². The highest BCUT2D eigenvalue weighted by molar-refractivity contribution is 8.18. The van der Waals surface area contributed by atoms with Gasteiger partial charge in [-0.05, 0) is 74.0 Å². The smallest absolute Gasteiger partial charge is 0.339 e. The highest BCUT2D eigenvalue weighted by atomic mass is 35.5. The molecule has 1 heterocycles. The molecule has 0 aliphatic carbocycles. The molecule has 2 aromatic rings. The monoisotopic (exact) mass is 560 g/mol. The second-order valence-electron chi connectivity index (χ2n) is 8.07. The van der Waals surface area contributed by atoms with Gasteiger partial charge in [-0.3, -0.25) is 19.3 Å². The van der Waals surface area contributed by atoms with Crippen LogP contribution in [0.5, 0.6) is 11.5 Å². The molecule has 3 rings (SSSR count). The number of hydrogen-bond acceptors (Lipinski definition) is 8. The summed E-state index contributed by atoms with van der Waals surface area (Å²) in [6.45, 7) is 6.37. The normalized spacial score (nSPS) is 14.1. The van der Waals surface area contributed by atoms with Crippen molar-refractivity contribution in [3.63, 3.8) is 0 Å². The summed E-state index contributed by atoms with van der Waals surface area (Å²) in [4.78, 5) is 51.4. The number of esters is 1. The Labute approximate surface area is 230 Å². The Morgan fingerprint density at radius 1 is 1.03 bits per heavy atom. The summed E-state index contributed by atoms with van der Waals surface area (Å²) in [5.74, 6) is -0.689. The van der Waals surface area contributed by atoms with Crippen LogP contribution in [0, 0.1) is 0 Å². The third-order valence-electron chi connectivity index (χ3n) is 5.24. The van der Waals surface area contributed by atoms with E-state index in [4.69, 9.17) is 25.8 Å². The maximum Gasteiger partial charge on any atom is 0.339 e. The van der Waals surface area contributed by atoms with Crippen molar-refractivity contribution in [3.05, 3.63) is 57.5 Å². The first-order valence-electron chi connectivity index (χ1n) is 12.2. The number of nitrogens with one attached hydrogen (secondary N) is 1.